The SMILES string of the molecule is CC(C)=CCCCO[SiH3]. The third-order valence-electron chi connectivity index (χ3n) is 1.11. The highest BCUT2D eigenvalue weighted by Gasteiger charge is 1.81. The molecule has 0 aromatic carbocycles. The van der Waals surface area contributed by atoms with Gasteiger partial charge in [0.1, 0.15) is 10.5 Å². The van der Waals surface area contributed by atoms with Crippen molar-refractivity contribution in [1.29, 1.82) is 0 Å². The molecule has 0 N–H and O–H groups in total. The van der Waals surface area contributed by atoms with Crippen LogP contribution in [0.1, 0.15) is 26.7 Å². The number of allylic oxidation sites excluding steroid dienone is 2. The molecule has 0 spiro atoms. The van der Waals surface area contributed by atoms with Gasteiger partial charge in [0.2, 0.25) is 0 Å². The third-order valence-corrected chi connectivity index (χ3v) is 1.51. The van der Waals surface area contributed by atoms with E-state index in [0.29, 0.717) is 0 Å². The van der Waals surface area contributed by atoms with Crippen LogP contribution in [0.5, 0.6) is 0 Å². The highest BCUT2D eigenvalue weighted by Crippen LogP contribution is 1.95. The molecule has 0 unspecified atom stereocenters. The van der Waals surface area contributed by atoms with Gasteiger partial charge in [-0.1, -0.05) is 11.6 Å². The summed E-state index contributed by atoms with van der Waals surface area (Å²) in [4.78, 5) is 0. The van der Waals surface area contributed by atoms with Gasteiger partial charge in [-0.2, -0.15) is 0 Å². The van der Waals surface area contributed by atoms with Crippen LogP contribution in [0.2, 0.25) is 0 Å². The van der Waals surface area contributed by atoms with E-state index in [1.54, 1.807) is 0 Å². The van der Waals surface area contributed by atoms with E-state index in [9.17, 15) is 0 Å². The quantitative estimate of drug-likeness (QED) is 0.325. The number of hydrogen-bond donors (Lipinski definition) is 0. The first-order valence-electron chi connectivity index (χ1n) is 3.39. The van der Waals surface area contributed by atoms with E-state index in [0.717, 1.165) is 17.1 Å². The Hall–Kier alpha value is -0.0831. The number of hydrogen-bond acceptors (Lipinski definition) is 1. The molecule has 0 aliphatic carbocycles. The first-order chi connectivity index (χ1) is 4.27. The third kappa shape index (κ3) is 7.92. The Balaban J connectivity index is 3.00. The molecule has 2 heteroatoms. The molecule has 0 aliphatic heterocycles. The predicted octanol–water partition coefficient (Wildman–Crippen LogP) is 1.03. The molecule has 0 saturated heterocycles. The largest absolute Gasteiger partial charge is 0.428 e. The Morgan fingerprint density at radius 2 is 2.22 bits per heavy atom. The minimum absolute atomic E-state index is 0.881. The number of rotatable bonds is 4. The maximum absolute atomic E-state index is 5.03. The van der Waals surface area contributed by atoms with Crippen LogP contribution in [0.4, 0.5) is 0 Å². The van der Waals surface area contributed by atoms with Crippen LogP contribution in [0.25, 0.3) is 0 Å². The van der Waals surface area contributed by atoms with Gasteiger partial charge in [-0.25, -0.2) is 0 Å². The first-order valence-corrected chi connectivity index (χ1v) is 4.21. The zero-order valence-corrected chi connectivity index (χ0v) is 8.61. The monoisotopic (exact) mass is 144 g/mol. The lowest BCUT2D eigenvalue weighted by molar-refractivity contribution is 0.342. The molecular weight excluding hydrogens is 128 g/mol. The number of unbranched alkanes of at least 4 members (excludes halogenated alkanes) is 1. The Labute approximate surface area is 60.6 Å². The molecule has 0 aromatic heterocycles. The highest BCUT2D eigenvalue weighted by atomic mass is 28.2. The van der Waals surface area contributed by atoms with Gasteiger partial charge in [0.05, 0.1) is 0 Å². The van der Waals surface area contributed by atoms with Gasteiger partial charge < -0.3 is 4.43 Å². The molecule has 0 aromatic rings. The van der Waals surface area contributed by atoms with Crippen LogP contribution in [0.3, 0.4) is 0 Å². The Kier molecular flexibility index (Phi) is 5.99. The molecule has 0 rings (SSSR count). The maximum Gasteiger partial charge on any atom is 0.145 e. The summed E-state index contributed by atoms with van der Waals surface area (Å²) in [5.41, 5.74) is 1.41. The summed E-state index contributed by atoms with van der Waals surface area (Å²) < 4.78 is 5.03. The molecule has 0 atom stereocenters. The van der Waals surface area contributed by atoms with Gasteiger partial charge in [0.15, 0.2) is 0 Å². The normalized spacial score (nSPS) is 9.56. The lowest BCUT2D eigenvalue weighted by Gasteiger charge is -1.94. The van der Waals surface area contributed by atoms with Crippen molar-refractivity contribution in [3.63, 3.8) is 0 Å². The van der Waals surface area contributed by atoms with Crippen molar-refractivity contribution in [1.82, 2.24) is 0 Å². The average molecular weight is 144 g/mol. The zero-order valence-electron chi connectivity index (χ0n) is 6.61. The smallest absolute Gasteiger partial charge is 0.145 e. The van der Waals surface area contributed by atoms with Crippen molar-refractivity contribution >= 4 is 10.5 Å². The van der Waals surface area contributed by atoms with Crippen molar-refractivity contribution in [3.05, 3.63) is 11.6 Å². The van der Waals surface area contributed by atoms with Crippen molar-refractivity contribution < 1.29 is 4.43 Å². The topological polar surface area (TPSA) is 9.23 Å². The Morgan fingerprint density at radius 1 is 1.56 bits per heavy atom. The van der Waals surface area contributed by atoms with Crippen LogP contribution in [-0.4, -0.2) is 17.1 Å². The summed E-state index contributed by atoms with van der Waals surface area (Å²) in [6.07, 6.45) is 4.60. The first kappa shape index (κ1) is 8.92. The molecule has 0 heterocycles. The van der Waals surface area contributed by atoms with Crippen LogP contribution in [0, 0.1) is 0 Å². The second-order valence-electron chi connectivity index (χ2n) is 2.42. The predicted molar refractivity (Wildman–Crippen MR) is 44.6 cm³/mol. The second kappa shape index (κ2) is 6.04. The summed E-state index contributed by atoms with van der Waals surface area (Å²) in [5.74, 6) is 0. The summed E-state index contributed by atoms with van der Waals surface area (Å²) in [6, 6.07) is 0. The van der Waals surface area contributed by atoms with E-state index >= 15 is 0 Å². The van der Waals surface area contributed by atoms with Crippen LogP contribution in [0.15, 0.2) is 11.6 Å². The van der Waals surface area contributed by atoms with Gasteiger partial charge in [-0.05, 0) is 26.7 Å². The van der Waals surface area contributed by atoms with E-state index in [2.05, 4.69) is 19.9 Å². The van der Waals surface area contributed by atoms with Gasteiger partial charge in [-0.3, -0.25) is 0 Å². The molecule has 1 nitrogen and oxygen atoms in total. The van der Waals surface area contributed by atoms with Crippen molar-refractivity contribution in [2.45, 2.75) is 26.7 Å². The Morgan fingerprint density at radius 3 is 2.67 bits per heavy atom. The standard InChI is InChI=1S/C7H16OSi/c1-7(2)5-3-4-6-8-9/h5H,3-4,6H2,1-2,9H3. The van der Waals surface area contributed by atoms with Crippen LogP contribution in [-0.2, 0) is 4.43 Å². The summed E-state index contributed by atoms with van der Waals surface area (Å²) in [7, 11) is 0.881. The molecule has 0 amide bonds. The van der Waals surface area contributed by atoms with Gasteiger partial charge in [-0.15, -0.1) is 0 Å². The molecular formula is C7H16OSi. The van der Waals surface area contributed by atoms with Gasteiger partial charge >= 0.3 is 0 Å². The fourth-order valence-corrected chi connectivity index (χ4v) is 0.907. The summed E-state index contributed by atoms with van der Waals surface area (Å²) in [6.45, 7) is 5.19. The fourth-order valence-electron chi connectivity index (χ4n) is 0.618. The van der Waals surface area contributed by atoms with E-state index < -0.39 is 0 Å². The second-order valence-corrected chi connectivity index (χ2v) is 2.99. The van der Waals surface area contributed by atoms with Gasteiger partial charge in [0, 0.05) is 6.61 Å². The van der Waals surface area contributed by atoms with E-state index in [4.69, 9.17) is 4.43 Å². The lowest BCUT2D eigenvalue weighted by atomic mass is 10.2. The van der Waals surface area contributed by atoms with Crippen molar-refractivity contribution in [2.75, 3.05) is 6.61 Å². The van der Waals surface area contributed by atoms with Crippen molar-refractivity contribution in [2.24, 2.45) is 0 Å². The highest BCUT2D eigenvalue weighted by molar-refractivity contribution is 5.97. The van der Waals surface area contributed by atoms with Gasteiger partial charge in [0.25, 0.3) is 0 Å². The molecule has 54 valence electrons. The molecule has 0 bridgehead atoms. The molecule has 0 radical (unpaired) electrons. The summed E-state index contributed by atoms with van der Waals surface area (Å²) >= 11 is 0. The van der Waals surface area contributed by atoms with Crippen molar-refractivity contribution in [3.8, 4) is 0 Å². The minimum atomic E-state index is 0.881. The zero-order chi connectivity index (χ0) is 7.11. The lowest BCUT2D eigenvalue weighted by Crippen LogP contribution is -1.87. The molecule has 9 heavy (non-hydrogen) atoms. The minimum Gasteiger partial charge on any atom is -0.428 e. The summed E-state index contributed by atoms with van der Waals surface area (Å²) in [5, 5.41) is 0. The fraction of sp³-hybridized carbons (Fsp3) is 0.714. The van der Waals surface area contributed by atoms with E-state index in [-0.39, 0.29) is 0 Å². The molecule has 0 saturated carbocycles. The molecule has 0 aliphatic rings. The van der Waals surface area contributed by atoms with Crippen LogP contribution >= 0.6 is 0 Å². The molecule has 0 fully saturated rings. The van der Waals surface area contributed by atoms with E-state index in [1.807, 2.05) is 0 Å². The van der Waals surface area contributed by atoms with Crippen LogP contribution < -0.4 is 0 Å². The Bertz CT molecular complexity index is 84.9. The maximum atomic E-state index is 5.03. The average Bonchev–Trinajstić information content (AvgIpc) is 1.80. The van der Waals surface area contributed by atoms with E-state index in [1.165, 1.54) is 18.4 Å².